The van der Waals surface area contributed by atoms with Crippen LogP contribution >= 0.6 is 12.6 Å². The standard InChI is InChI=1S/C27H32O3S/c1-28-25-16-12-23(13-17-25)27(22-10-6-5-7-11-22,30-20-8-3-4-9-21-31)24-14-18-26(29-2)19-15-24/h5-7,10-19,31H,3-4,8-9,20-21H2,1-2H3. The van der Waals surface area contributed by atoms with Gasteiger partial charge < -0.3 is 14.2 Å². The lowest BCUT2D eigenvalue weighted by molar-refractivity contribution is 0.0106. The number of rotatable bonds is 12. The van der Waals surface area contributed by atoms with Crippen molar-refractivity contribution in [3.05, 3.63) is 95.6 Å². The Hall–Kier alpha value is -2.43. The summed E-state index contributed by atoms with van der Waals surface area (Å²) in [5.74, 6) is 2.59. The normalized spacial score (nSPS) is 11.3. The molecule has 3 aromatic rings. The molecule has 0 spiro atoms. The number of thiol groups is 1. The quantitative estimate of drug-likeness (QED) is 0.199. The number of benzene rings is 3. The summed E-state index contributed by atoms with van der Waals surface area (Å²) in [6, 6.07) is 26.8. The molecular weight excluding hydrogens is 404 g/mol. The molecule has 0 amide bonds. The van der Waals surface area contributed by atoms with Crippen molar-refractivity contribution in [1.29, 1.82) is 0 Å². The molecular formula is C27H32O3S. The SMILES string of the molecule is COc1ccc(C(OCCCCCCS)(c2ccccc2)c2ccc(OC)cc2)cc1. The number of hydrogen-bond acceptors (Lipinski definition) is 4. The van der Waals surface area contributed by atoms with Crippen LogP contribution in [0.25, 0.3) is 0 Å². The van der Waals surface area contributed by atoms with Crippen molar-refractivity contribution in [1.82, 2.24) is 0 Å². The summed E-state index contributed by atoms with van der Waals surface area (Å²) < 4.78 is 17.6. The second-order valence-electron chi connectivity index (χ2n) is 7.49. The fourth-order valence-electron chi connectivity index (χ4n) is 3.87. The van der Waals surface area contributed by atoms with Gasteiger partial charge in [-0.3, -0.25) is 0 Å². The van der Waals surface area contributed by atoms with Crippen molar-refractivity contribution in [3.63, 3.8) is 0 Å². The lowest BCUT2D eigenvalue weighted by Gasteiger charge is -2.36. The molecule has 164 valence electrons. The van der Waals surface area contributed by atoms with Crippen molar-refractivity contribution in [2.75, 3.05) is 26.6 Å². The van der Waals surface area contributed by atoms with Crippen LogP contribution in [0.4, 0.5) is 0 Å². The maximum atomic E-state index is 6.81. The van der Waals surface area contributed by atoms with E-state index in [1.165, 1.54) is 6.42 Å². The first-order valence-electron chi connectivity index (χ1n) is 10.8. The predicted octanol–water partition coefficient (Wildman–Crippen LogP) is 6.50. The van der Waals surface area contributed by atoms with Gasteiger partial charge in [0.1, 0.15) is 17.1 Å². The molecule has 4 heteroatoms. The van der Waals surface area contributed by atoms with Crippen LogP contribution in [-0.2, 0) is 10.3 Å². The summed E-state index contributed by atoms with van der Waals surface area (Å²) in [6.07, 6.45) is 4.46. The topological polar surface area (TPSA) is 27.7 Å². The molecule has 0 saturated carbocycles. The molecule has 0 aromatic heterocycles. The van der Waals surface area contributed by atoms with Gasteiger partial charge in [-0.15, -0.1) is 0 Å². The van der Waals surface area contributed by atoms with Gasteiger partial charge in [-0.25, -0.2) is 0 Å². The maximum Gasteiger partial charge on any atom is 0.143 e. The Labute approximate surface area is 191 Å². The Morgan fingerprint density at radius 1 is 0.613 bits per heavy atom. The first-order valence-corrected chi connectivity index (χ1v) is 11.5. The van der Waals surface area contributed by atoms with E-state index in [9.17, 15) is 0 Å². The minimum atomic E-state index is -0.719. The Balaban J connectivity index is 2.05. The molecule has 0 fully saturated rings. The van der Waals surface area contributed by atoms with Crippen LogP contribution in [-0.4, -0.2) is 26.6 Å². The van der Waals surface area contributed by atoms with Crippen LogP contribution in [0.3, 0.4) is 0 Å². The zero-order chi connectivity index (χ0) is 21.9. The van der Waals surface area contributed by atoms with Crippen LogP contribution < -0.4 is 9.47 Å². The van der Waals surface area contributed by atoms with Gasteiger partial charge in [0.25, 0.3) is 0 Å². The minimum absolute atomic E-state index is 0.666. The lowest BCUT2D eigenvalue weighted by Crippen LogP contribution is -2.33. The van der Waals surface area contributed by atoms with Crippen LogP contribution in [0, 0.1) is 0 Å². The summed E-state index contributed by atoms with van der Waals surface area (Å²) in [6.45, 7) is 0.666. The second-order valence-corrected chi connectivity index (χ2v) is 7.94. The monoisotopic (exact) mass is 436 g/mol. The van der Waals surface area contributed by atoms with Gasteiger partial charge in [0.2, 0.25) is 0 Å². The Bertz CT molecular complexity index is 845. The Morgan fingerprint density at radius 3 is 1.58 bits per heavy atom. The Morgan fingerprint density at radius 2 is 1.10 bits per heavy atom. The average Bonchev–Trinajstić information content (AvgIpc) is 2.85. The largest absolute Gasteiger partial charge is 0.497 e. The first kappa shape index (κ1) is 23.2. The van der Waals surface area contributed by atoms with Crippen molar-refractivity contribution in [3.8, 4) is 11.5 Å². The van der Waals surface area contributed by atoms with Gasteiger partial charge >= 0.3 is 0 Å². The highest BCUT2D eigenvalue weighted by molar-refractivity contribution is 7.80. The number of hydrogen-bond donors (Lipinski definition) is 1. The first-order chi connectivity index (χ1) is 15.2. The van der Waals surface area contributed by atoms with E-state index in [0.717, 1.165) is 53.2 Å². The van der Waals surface area contributed by atoms with Crippen LogP contribution in [0.15, 0.2) is 78.9 Å². The average molecular weight is 437 g/mol. The molecule has 0 aliphatic heterocycles. The van der Waals surface area contributed by atoms with Crippen LogP contribution in [0.5, 0.6) is 11.5 Å². The highest BCUT2D eigenvalue weighted by atomic mass is 32.1. The number of methoxy groups -OCH3 is 2. The molecule has 0 aliphatic rings. The van der Waals surface area contributed by atoms with E-state index in [2.05, 4.69) is 61.2 Å². The van der Waals surface area contributed by atoms with Crippen LogP contribution in [0.1, 0.15) is 42.4 Å². The van der Waals surface area contributed by atoms with E-state index < -0.39 is 5.60 Å². The molecule has 0 aliphatic carbocycles. The molecule has 3 nitrogen and oxygen atoms in total. The zero-order valence-electron chi connectivity index (χ0n) is 18.4. The van der Waals surface area contributed by atoms with Gasteiger partial charge in [-0.2, -0.15) is 12.6 Å². The third-order valence-electron chi connectivity index (χ3n) is 5.54. The van der Waals surface area contributed by atoms with E-state index in [1.54, 1.807) is 14.2 Å². The van der Waals surface area contributed by atoms with Crippen molar-refractivity contribution in [2.24, 2.45) is 0 Å². The smallest absolute Gasteiger partial charge is 0.143 e. The summed E-state index contributed by atoms with van der Waals surface area (Å²) >= 11 is 4.32. The molecule has 3 rings (SSSR count). The minimum Gasteiger partial charge on any atom is -0.497 e. The Kier molecular flexibility index (Phi) is 8.86. The summed E-state index contributed by atoms with van der Waals surface area (Å²) in [5.41, 5.74) is 2.52. The molecule has 0 bridgehead atoms. The molecule has 0 radical (unpaired) electrons. The van der Waals surface area contributed by atoms with E-state index in [4.69, 9.17) is 14.2 Å². The third kappa shape index (κ3) is 5.63. The van der Waals surface area contributed by atoms with Gasteiger partial charge in [0, 0.05) is 6.61 Å². The highest BCUT2D eigenvalue weighted by Crippen LogP contribution is 2.41. The third-order valence-corrected chi connectivity index (χ3v) is 5.86. The molecule has 0 heterocycles. The number of ether oxygens (including phenoxy) is 3. The molecule has 0 unspecified atom stereocenters. The predicted molar refractivity (Wildman–Crippen MR) is 131 cm³/mol. The fourth-order valence-corrected chi connectivity index (χ4v) is 4.09. The molecule has 3 aromatic carbocycles. The van der Waals surface area contributed by atoms with Gasteiger partial charge in [-0.1, -0.05) is 67.4 Å². The van der Waals surface area contributed by atoms with Gasteiger partial charge in [0.05, 0.1) is 14.2 Å². The van der Waals surface area contributed by atoms with Crippen molar-refractivity contribution < 1.29 is 14.2 Å². The summed E-state index contributed by atoms with van der Waals surface area (Å²) in [7, 11) is 3.37. The molecule has 0 saturated heterocycles. The highest BCUT2D eigenvalue weighted by Gasteiger charge is 2.37. The van der Waals surface area contributed by atoms with E-state index in [1.807, 2.05) is 30.3 Å². The summed E-state index contributed by atoms with van der Waals surface area (Å²) in [4.78, 5) is 0. The molecule has 0 atom stereocenters. The molecule has 0 N–H and O–H groups in total. The van der Waals surface area contributed by atoms with Gasteiger partial charge in [0.15, 0.2) is 0 Å². The maximum absolute atomic E-state index is 6.81. The fraction of sp³-hybridized carbons (Fsp3) is 0.333. The van der Waals surface area contributed by atoms with Crippen LogP contribution in [0.2, 0.25) is 0 Å². The van der Waals surface area contributed by atoms with Crippen molar-refractivity contribution >= 4 is 12.6 Å². The second kappa shape index (κ2) is 11.8. The van der Waals surface area contributed by atoms with E-state index >= 15 is 0 Å². The number of unbranched alkanes of at least 4 members (excludes halogenated alkanes) is 3. The lowest BCUT2D eigenvalue weighted by atomic mass is 9.80. The zero-order valence-corrected chi connectivity index (χ0v) is 19.3. The van der Waals surface area contributed by atoms with E-state index in [-0.39, 0.29) is 0 Å². The summed E-state index contributed by atoms with van der Waals surface area (Å²) in [5, 5.41) is 0. The van der Waals surface area contributed by atoms with Gasteiger partial charge in [-0.05, 0) is 59.6 Å². The van der Waals surface area contributed by atoms with E-state index in [0.29, 0.717) is 6.61 Å². The van der Waals surface area contributed by atoms with Crippen molar-refractivity contribution in [2.45, 2.75) is 31.3 Å². The molecule has 31 heavy (non-hydrogen) atoms.